The molecular formula is C12H14O. The van der Waals surface area contributed by atoms with E-state index in [9.17, 15) is 4.79 Å². The zero-order chi connectivity index (χ0) is 9.68. The fraction of sp³-hybridized carbons (Fsp3) is 0.417. The first-order valence-electron chi connectivity index (χ1n) is 4.57. The molecule has 13 heavy (non-hydrogen) atoms. The lowest BCUT2D eigenvalue weighted by atomic mass is 9.90. The third-order valence-electron chi connectivity index (χ3n) is 2.28. The summed E-state index contributed by atoms with van der Waals surface area (Å²) in [6.07, 6.45) is 4.90. The monoisotopic (exact) mass is 174 g/mol. The number of Topliss-reactive ketones (excluding diaryl/α,β-unsaturated/α-hetero) is 1. The molecule has 0 aromatic carbocycles. The van der Waals surface area contributed by atoms with E-state index in [0.29, 0.717) is 12.8 Å². The fourth-order valence-electron chi connectivity index (χ4n) is 1.51. The molecular weight excluding hydrogens is 160 g/mol. The summed E-state index contributed by atoms with van der Waals surface area (Å²) in [5.74, 6) is 5.96. The van der Waals surface area contributed by atoms with Gasteiger partial charge < -0.3 is 0 Å². The first-order valence-corrected chi connectivity index (χ1v) is 4.57. The van der Waals surface area contributed by atoms with Crippen molar-refractivity contribution in [1.29, 1.82) is 0 Å². The third-order valence-corrected chi connectivity index (χ3v) is 2.28. The molecule has 1 heteroatoms. The molecule has 0 N–H and O–H groups in total. The Balaban J connectivity index is 2.74. The predicted octanol–water partition coefficient (Wildman–Crippen LogP) is 2.64. The molecule has 0 saturated carbocycles. The molecule has 1 nitrogen and oxygen atoms in total. The highest BCUT2D eigenvalue weighted by molar-refractivity contribution is 5.97. The van der Waals surface area contributed by atoms with E-state index in [4.69, 9.17) is 0 Å². The first-order chi connectivity index (χ1) is 6.25. The molecule has 1 aliphatic rings. The number of carbonyl (C=O) groups is 1. The minimum absolute atomic E-state index is 0.280. The Morgan fingerprint density at radius 2 is 2.31 bits per heavy atom. The Kier molecular flexibility index (Phi) is 3.52. The van der Waals surface area contributed by atoms with Crippen LogP contribution in [0.4, 0.5) is 0 Å². The van der Waals surface area contributed by atoms with Gasteiger partial charge in [0.25, 0.3) is 0 Å². The Labute approximate surface area is 79.5 Å². The number of ketones is 1. The minimum Gasteiger partial charge on any atom is -0.295 e. The molecule has 0 amide bonds. The Morgan fingerprint density at radius 1 is 1.54 bits per heavy atom. The highest BCUT2D eigenvalue weighted by atomic mass is 16.1. The van der Waals surface area contributed by atoms with Gasteiger partial charge in [0.15, 0.2) is 5.78 Å². The fourth-order valence-corrected chi connectivity index (χ4v) is 1.51. The summed E-state index contributed by atoms with van der Waals surface area (Å²) in [6, 6.07) is 0. The molecule has 0 radical (unpaired) electrons. The summed E-state index contributed by atoms with van der Waals surface area (Å²) in [6.45, 7) is 5.54. The summed E-state index contributed by atoms with van der Waals surface area (Å²) < 4.78 is 0. The highest BCUT2D eigenvalue weighted by Gasteiger charge is 2.16. The molecule has 0 aliphatic heterocycles. The van der Waals surface area contributed by atoms with Crippen LogP contribution in [0.3, 0.4) is 0 Å². The van der Waals surface area contributed by atoms with E-state index in [1.165, 1.54) is 5.57 Å². The van der Waals surface area contributed by atoms with Gasteiger partial charge in [-0.3, -0.25) is 4.79 Å². The topological polar surface area (TPSA) is 17.1 Å². The molecule has 1 aliphatic carbocycles. The maximum atomic E-state index is 11.4. The number of hydrogen-bond acceptors (Lipinski definition) is 1. The summed E-state index contributed by atoms with van der Waals surface area (Å²) in [5, 5.41) is 0. The van der Waals surface area contributed by atoms with E-state index in [1.807, 2.05) is 6.92 Å². The van der Waals surface area contributed by atoms with E-state index in [0.717, 1.165) is 18.4 Å². The second kappa shape index (κ2) is 4.67. The Hall–Kier alpha value is -1.29. The molecule has 68 valence electrons. The standard InChI is InChI=1S/C12H14O/c1-3-4-5-8-11-10(2)7-6-9-12(11)13/h3H,1,6-9H2,2H3. The van der Waals surface area contributed by atoms with Gasteiger partial charge >= 0.3 is 0 Å². The van der Waals surface area contributed by atoms with Crippen LogP contribution in [0.15, 0.2) is 23.8 Å². The molecule has 0 aromatic heterocycles. The van der Waals surface area contributed by atoms with Crippen molar-refractivity contribution in [2.75, 3.05) is 0 Å². The number of hydrogen-bond donors (Lipinski definition) is 0. The van der Waals surface area contributed by atoms with Gasteiger partial charge in [0.1, 0.15) is 0 Å². The van der Waals surface area contributed by atoms with Crippen molar-refractivity contribution in [3.05, 3.63) is 23.8 Å². The Morgan fingerprint density at radius 3 is 2.92 bits per heavy atom. The van der Waals surface area contributed by atoms with Crippen LogP contribution in [0.2, 0.25) is 0 Å². The predicted molar refractivity (Wildman–Crippen MR) is 54.1 cm³/mol. The largest absolute Gasteiger partial charge is 0.295 e. The van der Waals surface area contributed by atoms with Gasteiger partial charge in [-0.25, -0.2) is 0 Å². The number of allylic oxidation sites excluding steroid dienone is 3. The quantitative estimate of drug-likeness (QED) is 0.558. The molecule has 0 atom stereocenters. The Bertz CT molecular complexity index is 310. The van der Waals surface area contributed by atoms with Crippen LogP contribution in [0, 0.1) is 11.8 Å². The maximum absolute atomic E-state index is 11.4. The lowest BCUT2D eigenvalue weighted by molar-refractivity contribution is -0.116. The van der Waals surface area contributed by atoms with Gasteiger partial charge in [0, 0.05) is 18.4 Å². The van der Waals surface area contributed by atoms with Crippen molar-refractivity contribution in [3.63, 3.8) is 0 Å². The molecule has 0 saturated heterocycles. The number of carbonyl (C=O) groups excluding carboxylic acids is 1. The molecule has 1 rings (SSSR count). The molecule has 0 bridgehead atoms. The van der Waals surface area contributed by atoms with Crippen molar-refractivity contribution in [3.8, 4) is 11.8 Å². The molecule has 0 unspecified atom stereocenters. The van der Waals surface area contributed by atoms with Crippen LogP contribution >= 0.6 is 0 Å². The van der Waals surface area contributed by atoms with E-state index >= 15 is 0 Å². The lowest BCUT2D eigenvalue weighted by Gasteiger charge is -2.14. The van der Waals surface area contributed by atoms with Gasteiger partial charge in [-0.05, 0) is 25.8 Å². The van der Waals surface area contributed by atoms with Crippen LogP contribution in [0.1, 0.15) is 32.6 Å². The zero-order valence-electron chi connectivity index (χ0n) is 8.02. The van der Waals surface area contributed by atoms with E-state index in [-0.39, 0.29) is 5.78 Å². The molecule has 0 aromatic rings. The normalized spacial score (nSPS) is 16.5. The molecule has 0 heterocycles. The van der Waals surface area contributed by atoms with Gasteiger partial charge in [-0.15, -0.1) is 0 Å². The summed E-state index contributed by atoms with van der Waals surface area (Å²) in [7, 11) is 0. The molecule has 0 spiro atoms. The zero-order valence-corrected chi connectivity index (χ0v) is 8.02. The smallest absolute Gasteiger partial charge is 0.159 e. The van der Waals surface area contributed by atoms with Crippen molar-refractivity contribution in [1.82, 2.24) is 0 Å². The van der Waals surface area contributed by atoms with Crippen LogP contribution in [-0.4, -0.2) is 5.78 Å². The molecule has 0 fully saturated rings. The second-order valence-corrected chi connectivity index (χ2v) is 3.24. The van der Waals surface area contributed by atoms with Crippen molar-refractivity contribution in [2.45, 2.75) is 32.6 Å². The van der Waals surface area contributed by atoms with E-state index in [2.05, 4.69) is 18.4 Å². The van der Waals surface area contributed by atoms with Crippen molar-refractivity contribution >= 4 is 5.78 Å². The summed E-state index contributed by atoms with van der Waals surface area (Å²) in [4.78, 5) is 11.4. The van der Waals surface area contributed by atoms with Gasteiger partial charge in [0.05, 0.1) is 0 Å². The average molecular weight is 174 g/mol. The van der Waals surface area contributed by atoms with Crippen LogP contribution in [0.25, 0.3) is 0 Å². The maximum Gasteiger partial charge on any atom is 0.159 e. The van der Waals surface area contributed by atoms with Gasteiger partial charge in [-0.2, -0.15) is 0 Å². The van der Waals surface area contributed by atoms with Gasteiger partial charge in [0.2, 0.25) is 0 Å². The summed E-state index contributed by atoms with van der Waals surface area (Å²) in [5.41, 5.74) is 2.15. The first kappa shape index (κ1) is 9.80. The second-order valence-electron chi connectivity index (χ2n) is 3.24. The SMILES string of the molecule is C=CC#CCC1=C(C)CCCC1=O. The van der Waals surface area contributed by atoms with Crippen molar-refractivity contribution in [2.24, 2.45) is 0 Å². The number of rotatable bonds is 1. The van der Waals surface area contributed by atoms with Crippen LogP contribution < -0.4 is 0 Å². The average Bonchev–Trinajstić information content (AvgIpc) is 2.10. The van der Waals surface area contributed by atoms with Gasteiger partial charge in [-0.1, -0.05) is 24.0 Å². The highest BCUT2D eigenvalue weighted by Crippen LogP contribution is 2.23. The summed E-state index contributed by atoms with van der Waals surface area (Å²) >= 11 is 0. The van der Waals surface area contributed by atoms with Crippen LogP contribution in [0.5, 0.6) is 0 Å². The van der Waals surface area contributed by atoms with E-state index < -0.39 is 0 Å². The van der Waals surface area contributed by atoms with Crippen molar-refractivity contribution < 1.29 is 4.79 Å². The third kappa shape index (κ3) is 2.59. The minimum atomic E-state index is 0.280. The van der Waals surface area contributed by atoms with E-state index in [1.54, 1.807) is 6.08 Å². The van der Waals surface area contributed by atoms with Crippen LogP contribution in [-0.2, 0) is 4.79 Å². The lowest BCUT2D eigenvalue weighted by Crippen LogP contribution is -2.09.